The number of thiophene rings is 1. The maximum atomic E-state index is 12.5. The molecule has 2 N–H and O–H groups in total. The summed E-state index contributed by atoms with van der Waals surface area (Å²) < 4.78 is 0. The Hall–Kier alpha value is -1.84. The quantitative estimate of drug-likeness (QED) is 0.734. The monoisotopic (exact) mass is 292 g/mol. The maximum Gasteiger partial charge on any atom is 0.264 e. The molecule has 0 aliphatic carbocycles. The van der Waals surface area contributed by atoms with E-state index in [4.69, 9.17) is 5.11 Å². The van der Waals surface area contributed by atoms with E-state index in [1.54, 1.807) is 17.9 Å². The Labute approximate surface area is 121 Å². The highest BCUT2D eigenvalue weighted by atomic mass is 32.1. The second kappa shape index (κ2) is 6.07. The van der Waals surface area contributed by atoms with E-state index in [2.05, 4.69) is 17.2 Å². The third-order valence-corrected chi connectivity index (χ3v) is 4.31. The zero-order chi connectivity index (χ0) is 14.7. The number of amides is 2. The van der Waals surface area contributed by atoms with Crippen molar-refractivity contribution in [3.05, 3.63) is 21.4 Å². The van der Waals surface area contributed by atoms with Crippen LogP contribution in [0.3, 0.4) is 0 Å². The molecule has 1 aromatic rings. The van der Waals surface area contributed by atoms with E-state index in [-0.39, 0.29) is 18.4 Å². The molecule has 1 saturated heterocycles. The van der Waals surface area contributed by atoms with Crippen LogP contribution >= 0.6 is 11.3 Å². The highest BCUT2D eigenvalue weighted by Gasteiger charge is 2.30. The van der Waals surface area contributed by atoms with Crippen LogP contribution in [0.1, 0.15) is 27.0 Å². The van der Waals surface area contributed by atoms with Crippen molar-refractivity contribution >= 4 is 23.2 Å². The lowest BCUT2D eigenvalue weighted by molar-refractivity contribution is -0.127. The third-order valence-electron chi connectivity index (χ3n) is 3.17. The molecule has 0 radical (unpaired) electrons. The lowest BCUT2D eigenvalue weighted by atomic mass is 10.2. The second-order valence-corrected chi connectivity index (χ2v) is 5.60. The minimum absolute atomic E-state index is 0.127. The van der Waals surface area contributed by atoms with Gasteiger partial charge in [-0.2, -0.15) is 0 Å². The van der Waals surface area contributed by atoms with Gasteiger partial charge in [0, 0.05) is 13.1 Å². The summed E-state index contributed by atoms with van der Waals surface area (Å²) in [5, 5.41) is 11.4. The van der Waals surface area contributed by atoms with Crippen molar-refractivity contribution in [2.45, 2.75) is 19.9 Å². The minimum Gasteiger partial charge on any atom is -0.384 e. The number of carbonyl (C=O) groups is 2. The molecule has 5 nitrogen and oxygen atoms in total. The van der Waals surface area contributed by atoms with Crippen LogP contribution in [0.25, 0.3) is 0 Å². The minimum atomic E-state index is -0.453. The largest absolute Gasteiger partial charge is 0.384 e. The van der Waals surface area contributed by atoms with Gasteiger partial charge in [-0.3, -0.25) is 9.59 Å². The molecule has 20 heavy (non-hydrogen) atoms. The van der Waals surface area contributed by atoms with Crippen LogP contribution in [0.2, 0.25) is 0 Å². The van der Waals surface area contributed by atoms with Gasteiger partial charge in [-0.1, -0.05) is 11.8 Å². The second-order valence-electron chi connectivity index (χ2n) is 4.55. The molecule has 0 spiro atoms. The number of aryl methyl sites for hydroxylation is 1. The molecule has 1 aliphatic rings. The summed E-state index contributed by atoms with van der Waals surface area (Å²) in [7, 11) is 0. The van der Waals surface area contributed by atoms with Gasteiger partial charge < -0.3 is 15.3 Å². The van der Waals surface area contributed by atoms with Crippen LogP contribution in [-0.4, -0.2) is 47.6 Å². The van der Waals surface area contributed by atoms with Gasteiger partial charge in [-0.05, 0) is 25.5 Å². The molecule has 106 valence electrons. The van der Waals surface area contributed by atoms with Gasteiger partial charge in [0.25, 0.3) is 5.91 Å². The first-order chi connectivity index (χ1) is 9.54. The average Bonchev–Trinajstić information content (AvgIpc) is 2.80. The van der Waals surface area contributed by atoms with Crippen molar-refractivity contribution in [2.24, 2.45) is 0 Å². The Kier molecular flexibility index (Phi) is 4.42. The highest BCUT2D eigenvalue weighted by molar-refractivity contribution is 7.14. The molecule has 6 heteroatoms. The van der Waals surface area contributed by atoms with Crippen LogP contribution in [0.5, 0.6) is 0 Å². The van der Waals surface area contributed by atoms with Crippen LogP contribution in [0, 0.1) is 18.8 Å². The first kappa shape index (κ1) is 14.6. The average molecular weight is 292 g/mol. The Morgan fingerprint density at radius 3 is 3.10 bits per heavy atom. The fraction of sp³-hybridized carbons (Fsp3) is 0.429. The van der Waals surface area contributed by atoms with Crippen LogP contribution in [0.15, 0.2) is 6.07 Å². The zero-order valence-electron chi connectivity index (χ0n) is 11.4. The number of aliphatic hydroxyl groups excluding tert-OH is 1. The Balaban J connectivity index is 2.23. The number of piperazine rings is 1. The third kappa shape index (κ3) is 2.84. The Bertz CT molecular complexity index is 597. The summed E-state index contributed by atoms with van der Waals surface area (Å²) >= 11 is 1.30. The van der Waals surface area contributed by atoms with Crippen molar-refractivity contribution in [2.75, 3.05) is 19.7 Å². The summed E-state index contributed by atoms with van der Waals surface area (Å²) in [5.41, 5.74) is 0.911. The first-order valence-electron chi connectivity index (χ1n) is 6.33. The van der Waals surface area contributed by atoms with Crippen LogP contribution in [-0.2, 0) is 4.79 Å². The molecule has 1 unspecified atom stereocenters. The number of hydrogen-bond donors (Lipinski definition) is 2. The predicted octanol–water partition coefficient (Wildman–Crippen LogP) is 0.361. The van der Waals surface area contributed by atoms with Gasteiger partial charge in [-0.25, -0.2) is 0 Å². The van der Waals surface area contributed by atoms with E-state index in [0.29, 0.717) is 18.0 Å². The molecule has 1 atom stereocenters. The summed E-state index contributed by atoms with van der Waals surface area (Å²) in [6.07, 6.45) is 0. The smallest absolute Gasteiger partial charge is 0.264 e. The van der Waals surface area contributed by atoms with Gasteiger partial charge in [0.05, 0.1) is 9.75 Å². The van der Waals surface area contributed by atoms with E-state index in [1.165, 1.54) is 11.3 Å². The number of nitrogens with zero attached hydrogens (tertiary/aromatic N) is 1. The van der Waals surface area contributed by atoms with Gasteiger partial charge >= 0.3 is 0 Å². The fourth-order valence-corrected chi connectivity index (χ4v) is 3.04. The predicted molar refractivity (Wildman–Crippen MR) is 76.5 cm³/mol. The molecule has 2 heterocycles. The molecule has 0 aromatic carbocycles. The number of carbonyl (C=O) groups excluding carboxylic acids is 2. The van der Waals surface area contributed by atoms with Gasteiger partial charge in [-0.15, -0.1) is 11.3 Å². The summed E-state index contributed by atoms with van der Waals surface area (Å²) in [6.45, 7) is 4.39. The molecule has 1 aromatic heterocycles. The molecule has 2 rings (SSSR count). The summed E-state index contributed by atoms with van der Waals surface area (Å²) in [6, 6.07) is 1.33. The molecular formula is C14H16N2O3S. The molecular weight excluding hydrogens is 276 g/mol. The van der Waals surface area contributed by atoms with Gasteiger partial charge in [0.15, 0.2) is 0 Å². The molecule has 2 amide bonds. The molecule has 0 bridgehead atoms. The lowest BCUT2D eigenvalue weighted by Gasteiger charge is -2.32. The van der Waals surface area contributed by atoms with Crippen molar-refractivity contribution in [3.63, 3.8) is 0 Å². The topological polar surface area (TPSA) is 69.6 Å². The number of aliphatic hydroxyl groups is 1. The van der Waals surface area contributed by atoms with Gasteiger partial charge in [0.1, 0.15) is 12.6 Å². The standard InChI is InChI=1S/C14H16N2O3S/c1-9-8-12(20-11(9)4-3-7-17)14(19)16-6-5-15-13(18)10(16)2/h8,10,17H,5-7H2,1-2H3,(H,15,18). The van der Waals surface area contributed by atoms with Crippen molar-refractivity contribution in [3.8, 4) is 11.8 Å². The number of nitrogens with one attached hydrogen (secondary N) is 1. The maximum absolute atomic E-state index is 12.5. The van der Waals surface area contributed by atoms with E-state index < -0.39 is 6.04 Å². The van der Waals surface area contributed by atoms with E-state index in [1.807, 2.05) is 6.92 Å². The zero-order valence-corrected chi connectivity index (χ0v) is 12.2. The van der Waals surface area contributed by atoms with E-state index >= 15 is 0 Å². The fourth-order valence-electron chi connectivity index (χ4n) is 2.03. The first-order valence-corrected chi connectivity index (χ1v) is 7.15. The normalized spacial score (nSPS) is 18.2. The van der Waals surface area contributed by atoms with Crippen molar-refractivity contribution in [1.82, 2.24) is 10.2 Å². The Morgan fingerprint density at radius 2 is 2.40 bits per heavy atom. The molecule has 0 saturated carbocycles. The molecule has 1 aliphatic heterocycles. The van der Waals surface area contributed by atoms with Crippen LogP contribution in [0.4, 0.5) is 0 Å². The number of rotatable bonds is 1. The van der Waals surface area contributed by atoms with Crippen LogP contribution < -0.4 is 5.32 Å². The number of hydrogen-bond acceptors (Lipinski definition) is 4. The summed E-state index contributed by atoms with van der Waals surface area (Å²) in [4.78, 5) is 27.0. The van der Waals surface area contributed by atoms with Gasteiger partial charge in [0.2, 0.25) is 5.91 Å². The SMILES string of the molecule is Cc1cc(C(=O)N2CCNC(=O)C2C)sc1C#CCO. The lowest BCUT2D eigenvalue weighted by Crippen LogP contribution is -2.55. The Morgan fingerprint density at radius 1 is 1.65 bits per heavy atom. The molecule has 1 fully saturated rings. The van der Waals surface area contributed by atoms with Crippen molar-refractivity contribution < 1.29 is 14.7 Å². The summed E-state index contributed by atoms with van der Waals surface area (Å²) in [5.74, 6) is 5.14. The van der Waals surface area contributed by atoms with E-state index in [9.17, 15) is 9.59 Å². The highest BCUT2D eigenvalue weighted by Crippen LogP contribution is 2.23. The van der Waals surface area contributed by atoms with E-state index in [0.717, 1.165) is 10.4 Å². The van der Waals surface area contributed by atoms with Crippen molar-refractivity contribution in [1.29, 1.82) is 0 Å².